The van der Waals surface area contributed by atoms with E-state index in [1.54, 1.807) is 0 Å². The molecule has 3 rings (SSSR count). The highest BCUT2D eigenvalue weighted by Crippen LogP contribution is 2.43. The molecule has 112 valence electrons. The van der Waals surface area contributed by atoms with Gasteiger partial charge in [-0.25, -0.2) is 0 Å². The van der Waals surface area contributed by atoms with Gasteiger partial charge in [0.05, 0.1) is 6.07 Å². The Balaban J connectivity index is 2.06. The van der Waals surface area contributed by atoms with Gasteiger partial charge in [-0.3, -0.25) is 0 Å². The SMILES string of the molecule is CC(C)N1CC(C(C#N)(c2ccccc2)c2ccccc2)C1. The summed E-state index contributed by atoms with van der Waals surface area (Å²) in [7, 11) is 0. The minimum absolute atomic E-state index is 0.338. The van der Waals surface area contributed by atoms with Crippen LogP contribution >= 0.6 is 0 Å². The highest BCUT2D eigenvalue weighted by Gasteiger charge is 2.48. The van der Waals surface area contributed by atoms with Crippen LogP contribution in [-0.2, 0) is 5.41 Å². The van der Waals surface area contributed by atoms with Crippen LogP contribution in [0.25, 0.3) is 0 Å². The van der Waals surface area contributed by atoms with Crippen LogP contribution in [0.5, 0.6) is 0 Å². The molecule has 2 aromatic rings. The van der Waals surface area contributed by atoms with Crippen molar-refractivity contribution in [3.05, 3.63) is 71.8 Å². The Morgan fingerprint density at radius 2 is 1.41 bits per heavy atom. The number of benzene rings is 2. The van der Waals surface area contributed by atoms with Gasteiger partial charge in [0.1, 0.15) is 5.41 Å². The summed E-state index contributed by atoms with van der Waals surface area (Å²) in [6, 6.07) is 23.7. The van der Waals surface area contributed by atoms with Crippen LogP contribution in [0.15, 0.2) is 60.7 Å². The standard InChI is InChI=1S/C20H22N2/c1-16(2)22-13-19(14-22)20(15-21,17-9-5-3-6-10-17)18-11-7-4-8-12-18/h3-12,16,19H,13-14H2,1-2H3. The van der Waals surface area contributed by atoms with E-state index in [1.165, 1.54) is 0 Å². The lowest BCUT2D eigenvalue weighted by atomic mass is 9.64. The summed E-state index contributed by atoms with van der Waals surface area (Å²) in [5, 5.41) is 10.2. The van der Waals surface area contributed by atoms with Crippen LogP contribution in [-0.4, -0.2) is 24.0 Å². The molecule has 1 aliphatic heterocycles. The highest BCUT2D eigenvalue weighted by molar-refractivity contribution is 5.47. The molecule has 1 aliphatic rings. The summed E-state index contributed by atoms with van der Waals surface area (Å²) in [4.78, 5) is 2.43. The lowest BCUT2D eigenvalue weighted by molar-refractivity contribution is 0.0424. The van der Waals surface area contributed by atoms with Gasteiger partial charge in [0.25, 0.3) is 0 Å². The van der Waals surface area contributed by atoms with Crippen LogP contribution < -0.4 is 0 Å². The number of likely N-dealkylation sites (tertiary alicyclic amines) is 1. The number of hydrogen-bond donors (Lipinski definition) is 0. The van der Waals surface area contributed by atoms with E-state index in [9.17, 15) is 5.26 Å². The van der Waals surface area contributed by atoms with E-state index >= 15 is 0 Å². The zero-order valence-electron chi connectivity index (χ0n) is 13.2. The molecule has 0 aliphatic carbocycles. The average molecular weight is 290 g/mol. The third-order valence-electron chi connectivity index (χ3n) is 4.89. The van der Waals surface area contributed by atoms with Gasteiger partial charge in [-0.05, 0) is 25.0 Å². The zero-order chi connectivity index (χ0) is 15.6. The Hall–Kier alpha value is -2.11. The van der Waals surface area contributed by atoms with Gasteiger partial charge in [-0.1, -0.05) is 60.7 Å². The number of rotatable bonds is 4. The van der Waals surface area contributed by atoms with E-state index < -0.39 is 5.41 Å². The Morgan fingerprint density at radius 3 is 1.77 bits per heavy atom. The number of nitriles is 1. The molecule has 0 aromatic heterocycles. The van der Waals surface area contributed by atoms with Crippen molar-refractivity contribution in [2.45, 2.75) is 25.3 Å². The van der Waals surface area contributed by atoms with Crippen LogP contribution in [0.3, 0.4) is 0 Å². The topological polar surface area (TPSA) is 27.0 Å². The van der Waals surface area contributed by atoms with Crippen molar-refractivity contribution in [1.82, 2.24) is 4.90 Å². The monoisotopic (exact) mass is 290 g/mol. The molecular weight excluding hydrogens is 268 g/mol. The average Bonchev–Trinajstić information content (AvgIpc) is 2.52. The molecule has 0 radical (unpaired) electrons. The molecule has 1 heterocycles. The Labute approximate surface area is 133 Å². The molecule has 0 unspecified atom stereocenters. The van der Waals surface area contributed by atoms with Gasteiger partial charge in [0, 0.05) is 25.0 Å². The maximum atomic E-state index is 10.2. The summed E-state index contributed by atoms with van der Waals surface area (Å²) >= 11 is 0. The maximum Gasteiger partial charge on any atom is 0.112 e. The molecule has 2 heteroatoms. The second-order valence-electron chi connectivity index (χ2n) is 6.40. The molecule has 22 heavy (non-hydrogen) atoms. The largest absolute Gasteiger partial charge is 0.300 e. The van der Waals surface area contributed by atoms with Gasteiger partial charge in [0.2, 0.25) is 0 Å². The van der Waals surface area contributed by atoms with Crippen molar-refractivity contribution >= 4 is 0 Å². The van der Waals surface area contributed by atoms with Gasteiger partial charge < -0.3 is 4.90 Å². The molecule has 0 bridgehead atoms. The molecule has 2 aromatic carbocycles. The van der Waals surface area contributed by atoms with Crippen molar-refractivity contribution in [3.8, 4) is 6.07 Å². The first-order chi connectivity index (χ1) is 10.7. The normalized spacial score (nSPS) is 16.3. The van der Waals surface area contributed by atoms with Gasteiger partial charge in [-0.2, -0.15) is 5.26 Å². The smallest absolute Gasteiger partial charge is 0.112 e. The second kappa shape index (κ2) is 5.94. The van der Waals surface area contributed by atoms with Crippen LogP contribution in [0, 0.1) is 17.2 Å². The Morgan fingerprint density at radius 1 is 0.955 bits per heavy atom. The summed E-state index contributed by atoms with van der Waals surface area (Å²) in [6.07, 6.45) is 0. The van der Waals surface area contributed by atoms with Gasteiger partial charge >= 0.3 is 0 Å². The Kier molecular flexibility index (Phi) is 4.00. The maximum absolute atomic E-state index is 10.2. The molecule has 1 fully saturated rings. The molecular formula is C20H22N2. The van der Waals surface area contributed by atoms with Crippen molar-refractivity contribution in [1.29, 1.82) is 5.26 Å². The van der Waals surface area contributed by atoms with Gasteiger partial charge in [-0.15, -0.1) is 0 Å². The quantitative estimate of drug-likeness (QED) is 0.855. The molecule has 1 saturated heterocycles. The molecule has 0 atom stereocenters. The predicted octanol–water partition coefficient (Wildman–Crippen LogP) is 3.84. The van der Waals surface area contributed by atoms with Crippen LogP contribution in [0.1, 0.15) is 25.0 Å². The third-order valence-corrected chi connectivity index (χ3v) is 4.89. The molecule has 0 N–H and O–H groups in total. The second-order valence-corrected chi connectivity index (χ2v) is 6.40. The predicted molar refractivity (Wildman–Crippen MR) is 89.5 cm³/mol. The first-order valence-electron chi connectivity index (χ1n) is 7.95. The number of nitrogens with zero attached hydrogens (tertiary/aromatic N) is 2. The van der Waals surface area contributed by atoms with E-state index in [0.29, 0.717) is 12.0 Å². The lowest BCUT2D eigenvalue weighted by Crippen LogP contribution is -2.58. The summed E-state index contributed by atoms with van der Waals surface area (Å²) in [5.74, 6) is 0.338. The van der Waals surface area contributed by atoms with Crippen molar-refractivity contribution in [2.24, 2.45) is 5.92 Å². The molecule has 0 saturated carbocycles. The summed E-state index contributed by atoms with van der Waals surface area (Å²) in [6.45, 7) is 6.40. The van der Waals surface area contributed by atoms with Crippen molar-refractivity contribution in [2.75, 3.05) is 13.1 Å². The number of hydrogen-bond acceptors (Lipinski definition) is 2. The minimum Gasteiger partial charge on any atom is -0.300 e. The molecule has 2 nitrogen and oxygen atoms in total. The van der Waals surface area contributed by atoms with Crippen LogP contribution in [0.4, 0.5) is 0 Å². The summed E-state index contributed by atoms with van der Waals surface area (Å²) in [5.41, 5.74) is 1.67. The summed E-state index contributed by atoms with van der Waals surface area (Å²) < 4.78 is 0. The molecule has 0 amide bonds. The first-order valence-corrected chi connectivity index (χ1v) is 7.95. The lowest BCUT2D eigenvalue weighted by Gasteiger charge is -2.49. The van der Waals surface area contributed by atoms with E-state index in [-0.39, 0.29) is 0 Å². The third kappa shape index (κ3) is 2.32. The fraction of sp³-hybridized carbons (Fsp3) is 0.350. The highest BCUT2D eigenvalue weighted by atomic mass is 15.2. The van der Waals surface area contributed by atoms with Gasteiger partial charge in [0.15, 0.2) is 0 Å². The van der Waals surface area contributed by atoms with Crippen molar-refractivity contribution < 1.29 is 0 Å². The van der Waals surface area contributed by atoms with E-state index in [4.69, 9.17) is 0 Å². The first kappa shape index (κ1) is 14.8. The van der Waals surface area contributed by atoms with E-state index in [1.807, 2.05) is 36.4 Å². The zero-order valence-corrected chi connectivity index (χ0v) is 13.2. The van der Waals surface area contributed by atoms with Crippen LogP contribution in [0.2, 0.25) is 0 Å². The molecule has 0 spiro atoms. The fourth-order valence-electron chi connectivity index (χ4n) is 3.47. The van der Waals surface area contributed by atoms with E-state index in [0.717, 1.165) is 24.2 Å². The Bertz CT molecular complexity index is 610. The fourth-order valence-corrected chi connectivity index (χ4v) is 3.47. The minimum atomic E-state index is -0.548. The van der Waals surface area contributed by atoms with E-state index in [2.05, 4.69) is 49.1 Å². The van der Waals surface area contributed by atoms with Crippen molar-refractivity contribution in [3.63, 3.8) is 0 Å².